The van der Waals surface area contributed by atoms with Crippen LogP contribution < -0.4 is 15.4 Å². The highest BCUT2D eigenvalue weighted by atomic mass is 35.5. The summed E-state index contributed by atoms with van der Waals surface area (Å²) in [6.45, 7) is 2.17. The molecular weight excluding hydrogens is 386 g/mol. The Morgan fingerprint density at radius 3 is 2.52 bits per heavy atom. The smallest absolute Gasteiger partial charge is 0.298 e. The second-order valence-corrected chi connectivity index (χ2v) is 7.12. The SMILES string of the molecule is NCCN(Cc1ccc(OCc2ccccc2)c(Cl)c1)c1nc2ccccc2o1. The molecule has 0 saturated heterocycles. The maximum absolute atomic E-state index is 6.46. The van der Waals surface area contributed by atoms with Crippen LogP contribution in [0.1, 0.15) is 11.1 Å². The standard InChI is InChI=1S/C23H22ClN3O2/c24-19-14-18(10-11-21(19)28-16-17-6-2-1-3-7-17)15-27(13-12-25)23-26-20-8-4-5-9-22(20)29-23/h1-11,14H,12-13,15-16,25H2. The molecular formula is C23H22ClN3O2. The van der Waals surface area contributed by atoms with Crippen molar-refractivity contribution in [1.29, 1.82) is 0 Å². The van der Waals surface area contributed by atoms with Crippen molar-refractivity contribution in [3.63, 3.8) is 0 Å². The van der Waals surface area contributed by atoms with E-state index in [9.17, 15) is 0 Å². The van der Waals surface area contributed by atoms with Gasteiger partial charge in [-0.15, -0.1) is 0 Å². The molecule has 5 nitrogen and oxygen atoms in total. The number of halogens is 1. The molecule has 4 rings (SSSR count). The highest BCUT2D eigenvalue weighted by Gasteiger charge is 2.15. The van der Waals surface area contributed by atoms with Crippen molar-refractivity contribution in [2.75, 3.05) is 18.0 Å². The fourth-order valence-electron chi connectivity index (χ4n) is 3.11. The second kappa shape index (κ2) is 8.99. The normalized spacial score (nSPS) is 11.0. The zero-order valence-corrected chi connectivity index (χ0v) is 16.7. The van der Waals surface area contributed by atoms with Gasteiger partial charge >= 0.3 is 0 Å². The molecule has 0 amide bonds. The van der Waals surface area contributed by atoms with Crippen LogP contribution in [0.25, 0.3) is 11.1 Å². The Hall–Kier alpha value is -3.02. The summed E-state index contributed by atoms with van der Waals surface area (Å²) in [6, 6.07) is 24.1. The minimum absolute atomic E-state index is 0.474. The molecule has 1 aromatic heterocycles. The van der Waals surface area contributed by atoms with Crippen LogP contribution in [0.15, 0.2) is 77.2 Å². The Kier molecular flexibility index (Phi) is 5.98. The number of nitrogens with zero attached hydrogens (tertiary/aromatic N) is 2. The van der Waals surface area contributed by atoms with E-state index < -0.39 is 0 Å². The molecule has 0 bridgehead atoms. The number of ether oxygens (including phenoxy) is 1. The Morgan fingerprint density at radius 2 is 1.76 bits per heavy atom. The molecule has 0 aliphatic heterocycles. The van der Waals surface area contributed by atoms with Crippen molar-refractivity contribution in [1.82, 2.24) is 4.98 Å². The summed E-state index contributed by atoms with van der Waals surface area (Å²) in [6.07, 6.45) is 0. The molecule has 4 aromatic rings. The van der Waals surface area contributed by atoms with Gasteiger partial charge in [0.15, 0.2) is 5.58 Å². The van der Waals surface area contributed by atoms with E-state index >= 15 is 0 Å². The number of hydrogen-bond acceptors (Lipinski definition) is 5. The molecule has 3 aromatic carbocycles. The monoisotopic (exact) mass is 407 g/mol. The fourth-order valence-corrected chi connectivity index (χ4v) is 3.37. The number of hydrogen-bond donors (Lipinski definition) is 1. The third-order valence-electron chi connectivity index (χ3n) is 4.56. The Balaban J connectivity index is 1.48. The summed E-state index contributed by atoms with van der Waals surface area (Å²) in [5.41, 5.74) is 9.51. The van der Waals surface area contributed by atoms with Crippen LogP contribution in [0.3, 0.4) is 0 Å². The van der Waals surface area contributed by atoms with Gasteiger partial charge < -0.3 is 19.8 Å². The van der Waals surface area contributed by atoms with Gasteiger partial charge in [0.1, 0.15) is 17.9 Å². The largest absolute Gasteiger partial charge is 0.487 e. The highest BCUT2D eigenvalue weighted by Crippen LogP contribution is 2.28. The Labute approximate surface area is 174 Å². The summed E-state index contributed by atoms with van der Waals surface area (Å²) < 4.78 is 11.8. The van der Waals surface area contributed by atoms with Crippen molar-refractivity contribution >= 4 is 28.7 Å². The lowest BCUT2D eigenvalue weighted by Gasteiger charge is -2.20. The molecule has 29 heavy (non-hydrogen) atoms. The van der Waals surface area contributed by atoms with Gasteiger partial charge in [-0.3, -0.25) is 0 Å². The van der Waals surface area contributed by atoms with E-state index in [1.54, 1.807) is 0 Å². The molecule has 148 valence electrons. The first kappa shape index (κ1) is 19.3. The lowest BCUT2D eigenvalue weighted by Crippen LogP contribution is -2.29. The van der Waals surface area contributed by atoms with Crippen LogP contribution in [0.5, 0.6) is 5.75 Å². The molecule has 0 aliphatic rings. The van der Waals surface area contributed by atoms with E-state index in [0.29, 0.717) is 43.0 Å². The van der Waals surface area contributed by atoms with Gasteiger partial charge in [0.05, 0.1) is 5.02 Å². The number of oxazole rings is 1. The zero-order valence-electron chi connectivity index (χ0n) is 15.9. The van der Waals surface area contributed by atoms with Crippen molar-refractivity contribution in [2.45, 2.75) is 13.2 Å². The van der Waals surface area contributed by atoms with Crippen LogP contribution in [0.4, 0.5) is 6.01 Å². The van der Waals surface area contributed by atoms with Crippen LogP contribution in [-0.2, 0) is 13.2 Å². The summed E-state index contributed by atoms with van der Waals surface area (Å²) in [5, 5.41) is 0.573. The van der Waals surface area contributed by atoms with E-state index in [1.807, 2.05) is 77.7 Å². The van der Waals surface area contributed by atoms with Crippen molar-refractivity contribution < 1.29 is 9.15 Å². The molecule has 0 atom stereocenters. The summed E-state index contributed by atoms with van der Waals surface area (Å²) in [4.78, 5) is 6.59. The zero-order chi connectivity index (χ0) is 20.1. The third-order valence-corrected chi connectivity index (χ3v) is 4.85. The first-order valence-electron chi connectivity index (χ1n) is 9.48. The number of nitrogens with two attached hydrogens (primary N) is 1. The van der Waals surface area contributed by atoms with Crippen molar-refractivity contribution in [3.8, 4) is 5.75 Å². The minimum Gasteiger partial charge on any atom is -0.487 e. The predicted octanol–water partition coefficient (Wildman–Crippen LogP) is 5.03. The number of para-hydroxylation sites is 2. The van der Waals surface area contributed by atoms with E-state index in [1.165, 1.54) is 0 Å². The topological polar surface area (TPSA) is 64.5 Å². The van der Waals surface area contributed by atoms with E-state index in [0.717, 1.165) is 22.2 Å². The van der Waals surface area contributed by atoms with Gasteiger partial charge in [0.25, 0.3) is 6.01 Å². The summed E-state index contributed by atoms with van der Waals surface area (Å²) in [5.74, 6) is 0.659. The van der Waals surface area contributed by atoms with Gasteiger partial charge in [0.2, 0.25) is 0 Å². The van der Waals surface area contributed by atoms with Crippen LogP contribution in [0, 0.1) is 0 Å². The third kappa shape index (κ3) is 4.70. The second-order valence-electron chi connectivity index (χ2n) is 6.71. The molecule has 0 saturated carbocycles. The minimum atomic E-state index is 0.474. The Bertz CT molecular complexity index is 1050. The molecule has 0 fully saturated rings. The molecule has 1 heterocycles. The van der Waals surface area contributed by atoms with Gasteiger partial charge in [-0.2, -0.15) is 4.98 Å². The molecule has 0 spiro atoms. The maximum atomic E-state index is 6.46. The molecule has 6 heteroatoms. The first-order chi connectivity index (χ1) is 14.2. The number of benzene rings is 3. The Morgan fingerprint density at radius 1 is 0.966 bits per heavy atom. The predicted molar refractivity (Wildman–Crippen MR) is 116 cm³/mol. The van der Waals surface area contributed by atoms with Crippen LogP contribution in [0.2, 0.25) is 5.02 Å². The van der Waals surface area contributed by atoms with Gasteiger partial charge in [0, 0.05) is 19.6 Å². The number of fused-ring (bicyclic) bond motifs is 1. The van der Waals surface area contributed by atoms with Gasteiger partial charge in [-0.25, -0.2) is 0 Å². The highest BCUT2D eigenvalue weighted by molar-refractivity contribution is 6.32. The maximum Gasteiger partial charge on any atom is 0.298 e. The first-order valence-corrected chi connectivity index (χ1v) is 9.86. The molecule has 2 N–H and O–H groups in total. The number of rotatable bonds is 8. The lowest BCUT2D eigenvalue weighted by molar-refractivity contribution is 0.306. The quantitative estimate of drug-likeness (QED) is 0.444. The average molecular weight is 408 g/mol. The number of anilines is 1. The fraction of sp³-hybridized carbons (Fsp3) is 0.174. The summed E-state index contributed by atoms with van der Waals surface area (Å²) >= 11 is 6.46. The van der Waals surface area contributed by atoms with E-state index in [2.05, 4.69) is 4.98 Å². The molecule has 0 unspecified atom stereocenters. The van der Waals surface area contributed by atoms with Crippen LogP contribution in [-0.4, -0.2) is 18.1 Å². The van der Waals surface area contributed by atoms with Crippen molar-refractivity contribution in [2.24, 2.45) is 5.73 Å². The molecule has 0 radical (unpaired) electrons. The lowest BCUT2D eigenvalue weighted by atomic mass is 10.2. The molecule has 0 aliphatic carbocycles. The van der Waals surface area contributed by atoms with E-state index in [-0.39, 0.29) is 0 Å². The van der Waals surface area contributed by atoms with Gasteiger partial charge in [-0.1, -0.05) is 60.1 Å². The van der Waals surface area contributed by atoms with Crippen LogP contribution >= 0.6 is 11.6 Å². The van der Waals surface area contributed by atoms with Crippen molar-refractivity contribution in [3.05, 3.63) is 88.9 Å². The summed E-state index contributed by atoms with van der Waals surface area (Å²) in [7, 11) is 0. The average Bonchev–Trinajstić information content (AvgIpc) is 3.18. The van der Waals surface area contributed by atoms with Gasteiger partial charge in [-0.05, 0) is 35.4 Å². The van der Waals surface area contributed by atoms with E-state index in [4.69, 9.17) is 26.5 Å². The number of aromatic nitrogens is 1.